The highest BCUT2D eigenvalue weighted by Crippen LogP contribution is 2.62. The second-order valence-corrected chi connectivity index (χ2v) is 6.30. The fourth-order valence-electron chi connectivity index (χ4n) is 1.71. The lowest BCUT2D eigenvalue weighted by Crippen LogP contribution is -2.73. The van der Waals surface area contributed by atoms with Gasteiger partial charge in [0.1, 0.15) is 0 Å². The Kier molecular flexibility index (Phi) is 7.08. The Morgan fingerprint density at radius 1 is 0.531 bits per heavy atom. The van der Waals surface area contributed by atoms with E-state index in [-0.39, 0.29) is 0 Å². The summed E-state index contributed by atoms with van der Waals surface area (Å²) in [6.45, 7) is -2.87. The predicted octanol–water partition coefficient (Wildman–Crippen LogP) is 5.96. The first-order valence-corrected chi connectivity index (χ1v) is 7.77. The Morgan fingerprint density at radius 3 is 1.25 bits per heavy atom. The average molecular weight is 547 g/mol. The molecule has 1 rings (SSSR count). The van der Waals surface area contributed by atoms with E-state index in [0.29, 0.717) is 0 Å². The molecule has 21 heteroatoms. The Labute approximate surface area is 175 Å². The third kappa shape index (κ3) is 4.28. The fraction of sp³-hybridized carbons (Fsp3) is 0.727. The third-order valence-electron chi connectivity index (χ3n) is 3.44. The SMILES string of the molecule is FC(F)(F)C(F)(F)C(F)(F)C(F)(F)C(F)(F)C(F)(F)C(F)(F)CNc1nc(Cl)nc(Cl)n1. The first-order chi connectivity index (χ1) is 13.9. The van der Waals surface area contributed by atoms with E-state index in [9.17, 15) is 65.9 Å². The minimum atomic E-state index is -8.36. The largest absolute Gasteiger partial charge is 0.460 e. The maximum Gasteiger partial charge on any atom is 0.460 e. The maximum atomic E-state index is 13.6. The number of nitrogens with one attached hydrogen (secondary N) is 1. The molecule has 0 spiro atoms. The molecule has 0 aliphatic heterocycles. The van der Waals surface area contributed by atoms with Gasteiger partial charge in [-0.1, -0.05) is 0 Å². The van der Waals surface area contributed by atoms with Crippen molar-refractivity contribution in [2.75, 3.05) is 11.9 Å². The van der Waals surface area contributed by atoms with E-state index >= 15 is 0 Å². The smallest absolute Gasteiger partial charge is 0.348 e. The van der Waals surface area contributed by atoms with Crippen LogP contribution in [0.4, 0.5) is 71.8 Å². The van der Waals surface area contributed by atoms with Crippen LogP contribution in [0.5, 0.6) is 0 Å². The van der Waals surface area contributed by atoms with E-state index in [1.807, 2.05) is 0 Å². The molecular formula is C11H3Cl2F15N4. The zero-order chi connectivity index (χ0) is 25.8. The Bertz CT molecular complexity index is 821. The van der Waals surface area contributed by atoms with Crippen molar-refractivity contribution >= 4 is 29.2 Å². The topological polar surface area (TPSA) is 50.7 Å². The van der Waals surface area contributed by atoms with Crippen LogP contribution < -0.4 is 5.32 Å². The van der Waals surface area contributed by atoms with E-state index in [2.05, 4.69) is 15.0 Å². The standard InChI is InChI=1S/C11H3Cl2F15N4/c12-2-30-3(13)32-4(31-2)29-1-5(14,15)6(16,17)7(18,19)8(20,21)9(22,23)10(24,25)11(26,27)28/h1H2,(H,29,30,31,32). The van der Waals surface area contributed by atoms with Crippen molar-refractivity contribution in [1.29, 1.82) is 0 Å². The van der Waals surface area contributed by atoms with E-state index < -0.39 is 64.8 Å². The molecule has 0 aliphatic carbocycles. The molecule has 0 unspecified atom stereocenters. The van der Waals surface area contributed by atoms with Crippen molar-refractivity contribution < 1.29 is 65.9 Å². The number of rotatable bonds is 8. The van der Waals surface area contributed by atoms with Crippen LogP contribution in [-0.4, -0.2) is 63.2 Å². The normalized spacial score (nSPS) is 15.2. The van der Waals surface area contributed by atoms with Crippen molar-refractivity contribution in [3.05, 3.63) is 10.6 Å². The molecule has 1 aromatic rings. The van der Waals surface area contributed by atoms with Crippen molar-refractivity contribution in [2.45, 2.75) is 41.7 Å². The van der Waals surface area contributed by atoms with Crippen LogP contribution >= 0.6 is 23.2 Å². The van der Waals surface area contributed by atoms with Gasteiger partial charge in [0, 0.05) is 0 Å². The maximum absolute atomic E-state index is 13.6. The summed E-state index contributed by atoms with van der Waals surface area (Å²) in [6, 6.07) is 0. The van der Waals surface area contributed by atoms with Crippen molar-refractivity contribution in [3.63, 3.8) is 0 Å². The molecule has 0 saturated heterocycles. The van der Waals surface area contributed by atoms with E-state index in [1.54, 1.807) is 0 Å². The molecular weight excluding hydrogens is 544 g/mol. The second-order valence-electron chi connectivity index (χ2n) is 5.62. The average Bonchev–Trinajstić information content (AvgIpc) is 2.57. The summed E-state index contributed by atoms with van der Waals surface area (Å²) in [5, 5.41) is -0.755. The molecule has 0 fully saturated rings. The zero-order valence-electron chi connectivity index (χ0n) is 14.0. The minimum absolute atomic E-state index is 0.895. The van der Waals surface area contributed by atoms with Crippen molar-refractivity contribution in [1.82, 2.24) is 15.0 Å². The van der Waals surface area contributed by atoms with Crippen LogP contribution in [0.3, 0.4) is 0 Å². The van der Waals surface area contributed by atoms with Crippen LogP contribution in [0.15, 0.2) is 0 Å². The van der Waals surface area contributed by atoms with Crippen LogP contribution in [0.2, 0.25) is 10.6 Å². The van der Waals surface area contributed by atoms with E-state index in [0.717, 1.165) is 5.32 Å². The van der Waals surface area contributed by atoms with Gasteiger partial charge >= 0.3 is 41.7 Å². The lowest BCUT2D eigenvalue weighted by atomic mass is 9.91. The van der Waals surface area contributed by atoms with Gasteiger partial charge in [0.25, 0.3) is 0 Å². The lowest BCUT2D eigenvalue weighted by Gasteiger charge is -2.41. The molecule has 32 heavy (non-hydrogen) atoms. The van der Waals surface area contributed by atoms with Crippen molar-refractivity contribution in [2.24, 2.45) is 0 Å². The summed E-state index contributed by atoms with van der Waals surface area (Å²) in [5.74, 6) is -48.3. The van der Waals surface area contributed by atoms with E-state index in [4.69, 9.17) is 23.2 Å². The Morgan fingerprint density at radius 2 is 0.875 bits per heavy atom. The fourth-order valence-corrected chi connectivity index (χ4v) is 2.07. The number of nitrogens with zero attached hydrogens (tertiary/aromatic N) is 3. The first kappa shape index (κ1) is 28.4. The zero-order valence-corrected chi connectivity index (χ0v) is 15.5. The molecule has 0 amide bonds. The number of alkyl halides is 15. The summed E-state index contributed by atoms with van der Waals surface area (Å²) < 4.78 is 195. The van der Waals surface area contributed by atoms with E-state index in [1.165, 1.54) is 0 Å². The summed E-state index contributed by atoms with van der Waals surface area (Å²) in [6.07, 6.45) is -7.66. The van der Waals surface area contributed by atoms with Gasteiger partial charge in [-0.05, 0) is 23.2 Å². The van der Waals surface area contributed by atoms with Gasteiger partial charge in [0.2, 0.25) is 16.5 Å². The molecule has 1 N–H and O–H groups in total. The monoisotopic (exact) mass is 546 g/mol. The number of aromatic nitrogens is 3. The summed E-state index contributed by atoms with van der Waals surface area (Å²) >= 11 is 10.3. The number of hydrogen-bond acceptors (Lipinski definition) is 4. The highest BCUT2D eigenvalue weighted by molar-refractivity contribution is 6.31. The number of anilines is 1. The van der Waals surface area contributed by atoms with Gasteiger partial charge in [-0.25, -0.2) is 0 Å². The van der Waals surface area contributed by atoms with Gasteiger partial charge in [-0.2, -0.15) is 80.8 Å². The molecule has 186 valence electrons. The molecule has 1 heterocycles. The Hall–Kier alpha value is -1.66. The summed E-state index contributed by atoms with van der Waals surface area (Å²) in [7, 11) is 0. The van der Waals surface area contributed by atoms with Gasteiger partial charge < -0.3 is 5.32 Å². The highest BCUT2D eigenvalue weighted by Gasteiger charge is 2.93. The summed E-state index contributed by atoms with van der Waals surface area (Å²) in [4.78, 5) is 8.87. The second kappa shape index (κ2) is 7.98. The van der Waals surface area contributed by atoms with Gasteiger partial charge in [-0.15, -0.1) is 0 Å². The molecule has 0 bridgehead atoms. The van der Waals surface area contributed by atoms with Crippen LogP contribution in [0.1, 0.15) is 0 Å². The molecule has 0 saturated carbocycles. The molecule has 4 nitrogen and oxygen atoms in total. The van der Waals surface area contributed by atoms with Crippen molar-refractivity contribution in [3.8, 4) is 0 Å². The molecule has 1 aromatic heterocycles. The summed E-state index contributed by atoms with van der Waals surface area (Å²) in [5.41, 5.74) is 0. The predicted molar refractivity (Wildman–Crippen MR) is 74.1 cm³/mol. The number of hydrogen-bond donors (Lipinski definition) is 1. The van der Waals surface area contributed by atoms with Crippen LogP contribution in [0.25, 0.3) is 0 Å². The van der Waals surface area contributed by atoms with Gasteiger partial charge in [0.05, 0.1) is 6.54 Å². The molecule has 0 atom stereocenters. The van der Waals surface area contributed by atoms with Crippen LogP contribution in [-0.2, 0) is 0 Å². The van der Waals surface area contributed by atoms with Gasteiger partial charge in [0.15, 0.2) is 0 Å². The number of halogens is 17. The quantitative estimate of drug-likeness (QED) is 0.409. The third-order valence-corrected chi connectivity index (χ3v) is 3.78. The molecule has 0 aromatic carbocycles. The first-order valence-electron chi connectivity index (χ1n) is 7.01. The van der Waals surface area contributed by atoms with Gasteiger partial charge in [-0.3, -0.25) is 0 Å². The molecule has 0 aliphatic rings. The lowest BCUT2D eigenvalue weighted by molar-refractivity contribution is -0.451. The minimum Gasteiger partial charge on any atom is -0.348 e. The molecule has 0 radical (unpaired) electrons. The highest BCUT2D eigenvalue weighted by atomic mass is 35.5. The van der Waals surface area contributed by atoms with Crippen LogP contribution in [0, 0.1) is 0 Å². The Balaban J connectivity index is 3.38.